The summed E-state index contributed by atoms with van der Waals surface area (Å²) in [4.78, 5) is 14.0. The summed E-state index contributed by atoms with van der Waals surface area (Å²) >= 11 is 0. The van der Waals surface area contributed by atoms with Crippen LogP contribution in [0.1, 0.15) is 38.5 Å². The predicted octanol–water partition coefficient (Wildman–Crippen LogP) is 2.27. The van der Waals surface area contributed by atoms with Crippen molar-refractivity contribution in [2.75, 3.05) is 26.2 Å². The Hall–Kier alpha value is -0.710. The summed E-state index contributed by atoms with van der Waals surface area (Å²) in [7, 11) is 0. The van der Waals surface area contributed by atoms with Gasteiger partial charge in [0.15, 0.2) is 0 Å². The highest BCUT2D eigenvalue weighted by molar-refractivity contribution is 5.80. The van der Waals surface area contributed by atoms with Crippen LogP contribution < -0.4 is 5.32 Å². The average Bonchev–Trinajstić information content (AvgIpc) is 2.45. The van der Waals surface area contributed by atoms with Crippen molar-refractivity contribution in [3.05, 3.63) is 0 Å². The molecule has 3 rings (SSSR count). The second-order valence-corrected chi connectivity index (χ2v) is 6.73. The van der Waals surface area contributed by atoms with Crippen LogP contribution in [0.25, 0.3) is 0 Å². The molecule has 1 aliphatic carbocycles. The van der Waals surface area contributed by atoms with Crippen LogP contribution in [0.5, 0.6) is 0 Å². The van der Waals surface area contributed by atoms with Crippen molar-refractivity contribution in [3.63, 3.8) is 0 Å². The number of halogens is 2. The number of alkyl halides is 2. The fourth-order valence-corrected chi connectivity index (χ4v) is 3.97. The first-order chi connectivity index (χ1) is 9.55. The topological polar surface area (TPSA) is 32.3 Å². The number of piperidine rings is 2. The van der Waals surface area contributed by atoms with Crippen molar-refractivity contribution < 1.29 is 13.6 Å². The molecule has 0 aromatic rings. The van der Waals surface area contributed by atoms with E-state index in [1.54, 1.807) is 0 Å². The summed E-state index contributed by atoms with van der Waals surface area (Å²) in [6, 6.07) is 0. The van der Waals surface area contributed by atoms with Gasteiger partial charge in [-0.15, -0.1) is 0 Å². The molecule has 2 saturated heterocycles. The number of nitrogens with zero attached hydrogens (tertiary/aromatic N) is 1. The van der Waals surface area contributed by atoms with Gasteiger partial charge < -0.3 is 10.2 Å². The van der Waals surface area contributed by atoms with E-state index in [4.69, 9.17) is 0 Å². The highest BCUT2D eigenvalue weighted by Crippen LogP contribution is 2.43. The van der Waals surface area contributed by atoms with Crippen LogP contribution >= 0.6 is 0 Å². The van der Waals surface area contributed by atoms with E-state index in [1.165, 1.54) is 12.8 Å². The molecule has 3 aliphatic rings. The summed E-state index contributed by atoms with van der Waals surface area (Å²) in [6.07, 6.45) is 4.15. The Morgan fingerprint density at radius 3 is 2.35 bits per heavy atom. The molecule has 0 aromatic heterocycles. The van der Waals surface area contributed by atoms with Crippen molar-refractivity contribution >= 4 is 5.91 Å². The lowest BCUT2D eigenvalue weighted by molar-refractivity contribution is -0.161. The maximum atomic E-state index is 12.8. The third-order valence-corrected chi connectivity index (χ3v) is 5.29. The number of rotatable bonds is 2. The monoisotopic (exact) mass is 286 g/mol. The average molecular weight is 286 g/mol. The van der Waals surface area contributed by atoms with Gasteiger partial charge in [-0.05, 0) is 50.6 Å². The van der Waals surface area contributed by atoms with Crippen molar-refractivity contribution in [1.29, 1.82) is 0 Å². The molecule has 0 aromatic carbocycles. The Morgan fingerprint density at radius 2 is 1.80 bits per heavy atom. The molecule has 0 bridgehead atoms. The van der Waals surface area contributed by atoms with Gasteiger partial charge in [-0.25, -0.2) is 8.78 Å². The van der Waals surface area contributed by atoms with Gasteiger partial charge in [-0.2, -0.15) is 0 Å². The van der Waals surface area contributed by atoms with Gasteiger partial charge in [0, 0.05) is 31.8 Å². The van der Waals surface area contributed by atoms with Gasteiger partial charge >= 0.3 is 0 Å². The lowest BCUT2D eigenvalue weighted by atomic mass is 9.78. The fourth-order valence-electron chi connectivity index (χ4n) is 3.97. The standard InChI is InChI=1S/C15H24F2N2O/c16-15(17)8-13(9-15)14(20)19-6-3-11(4-7-19)12-2-1-5-18-10-12/h11-13,18H,1-10H2. The molecule has 1 amide bonds. The van der Waals surface area contributed by atoms with Crippen molar-refractivity contribution in [1.82, 2.24) is 10.2 Å². The van der Waals surface area contributed by atoms with Gasteiger partial charge in [0.05, 0.1) is 0 Å². The van der Waals surface area contributed by atoms with Gasteiger partial charge in [0.25, 0.3) is 0 Å². The Balaban J connectivity index is 1.45. The van der Waals surface area contributed by atoms with Crippen molar-refractivity contribution in [3.8, 4) is 0 Å². The number of likely N-dealkylation sites (tertiary alicyclic amines) is 1. The van der Waals surface area contributed by atoms with E-state index in [-0.39, 0.29) is 18.7 Å². The molecule has 20 heavy (non-hydrogen) atoms. The lowest BCUT2D eigenvalue weighted by Crippen LogP contribution is -2.50. The van der Waals surface area contributed by atoms with Gasteiger partial charge in [-0.1, -0.05) is 0 Å². The maximum absolute atomic E-state index is 12.8. The zero-order valence-corrected chi connectivity index (χ0v) is 11.9. The minimum absolute atomic E-state index is 0.0313. The number of carbonyl (C=O) groups is 1. The largest absolute Gasteiger partial charge is 0.342 e. The van der Waals surface area contributed by atoms with E-state index in [1.807, 2.05) is 4.90 Å². The Morgan fingerprint density at radius 1 is 1.10 bits per heavy atom. The van der Waals surface area contributed by atoms with Crippen LogP contribution in [0.2, 0.25) is 0 Å². The van der Waals surface area contributed by atoms with Crippen LogP contribution in [0.4, 0.5) is 8.78 Å². The zero-order chi connectivity index (χ0) is 14.2. The molecule has 1 atom stereocenters. The third-order valence-electron chi connectivity index (χ3n) is 5.29. The predicted molar refractivity (Wildman–Crippen MR) is 72.6 cm³/mol. The van der Waals surface area contributed by atoms with Crippen molar-refractivity contribution in [2.45, 2.75) is 44.4 Å². The van der Waals surface area contributed by atoms with Gasteiger partial charge in [0.2, 0.25) is 11.8 Å². The molecule has 0 radical (unpaired) electrons. The van der Waals surface area contributed by atoms with Gasteiger partial charge in [-0.3, -0.25) is 4.79 Å². The third kappa shape index (κ3) is 2.97. The molecule has 5 heteroatoms. The molecule has 3 fully saturated rings. The zero-order valence-electron chi connectivity index (χ0n) is 11.9. The highest BCUT2D eigenvalue weighted by atomic mass is 19.3. The Bertz CT molecular complexity index is 353. The Kier molecular flexibility index (Phi) is 3.98. The summed E-state index contributed by atoms with van der Waals surface area (Å²) < 4.78 is 25.7. The molecule has 0 spiro atoms. The normalized spacial score (nSPS) is 31.9. The van der Waals surface area contributed by atoms with E-state index in [9.17, 15) is 13.6 Å². The van der Waals surface area contributed by atoms with E-state index >= 15 is 0 Å². The van der Waals surface area contributed by atoms with Crippen LogP contribution in [0, 0.1) is 17.8 Å². The number of hydrogen-bond donors (Lipinski definition) is 1. The number of carbonyl (C=O) groups excluding carboxylic acids is 1. The summed E-state index contributed by atoms with van der Waals surface area (Å²) in [6.45, 7) is 3.77. The first-order valence-electron chi connectivity index (χ1n) is 7.92. The van der Waals surface area contributed by atoms with Crippen LogP contribution in [-0.4, -0.2) is 42.9 Å². The minimum atomic E-state index is -2.59. The van der Waals surface area contributed by atoms with E-state index < -0.39 is 11.8 Å². The summed E-state index contributed by atoms with van der Waals surface area (Å²) in [5.74, 6) is -1.59. The second-order valence-electron chi connectivity index (χ2n) is 6.73. The molecule has 3 nitrogen and oxygen atoms in total. The molecule has 114 valence electrons. The molecule has 1 unspecified atom stereocenters. The fraction of sp³-hybridized carbons (Fsp3) is 0.933. The van der Waals surface area contributed by atoms with Crippen LogP contribution in [-0.2, 0) is 4.79 Å². The first-order valence-corrected chi connectivity index (χ1v) is 7.92. The summed E-state index contributed by atoms with van der Waals surface area (Å²) in [5, 5.41) is 3.45. The SMILES string of the molecule is O=C(C1CC(F)(F)C1)N1CCC(C2CCCNC2)CC1. The van der Waals surface area contributed by atoms with Gasteiger partial charge in [0.1, 0.15) is 0 Å². The van der Waals surface area contributed by atoms with Crippen LogP contribution in [0.15, 0.2) is 0 Å². The molecule has 2 heterocycles. The number of amides is 1. The minimum Gasteiger partial charge on any atom is -0.342 e. The Labute approximate surface area is 119 Å². The molecular weight excluding hydrogens is 262 g/mol. The smallest absolute Gasteiger partial charge is 0.249 e. The van der Waals surface area contributed by atoms with Crippen LogP contribution in [0.3, 0.4) is 0 Å². The summed E-state index contributed by atoms with van der Waals surface area (Å²) in [5.41, 5.74) is 0. The molecule has 2 aliphatic heterocycles. The second kappa shape index (κ2) is 5.58. The number of nitrogens with one attached hydrogen (secondary N) is 1. The maximum Gasteiger partial charge on any atom is 0.249 e. The highest BCUT2D eigenvalue weighted by Gasteiger charge is 2.50. The molecular formula is C15H24F2N2O. The molecule has 1 N–H and O–H groups in total. The quantitative estimate of drug-likeness (QED) is 0.844. The van der Waals surface area contributed by atoms with E-state index in [2.05, 4.69) is 5.32 Å². The number of hydrogen-bond acceptors (Lipinski definition) is 2. The first kappa shape index (κ1) is 14.2. The lowest BCUT2D eigenvalue weighted by Gasteiger charge is -2.41. The van der Waals surface area contributed by atoms with E-state index in [0.717, 1.165) is 44.9 Å². The molecule has 1 saturated carbocycles. The van der Waals surface area contributed by atoms with Crippen molar-refractivity contribution in [2.24, 2.45) is 17.8 Å². The van der Waals surface area contributed by atoms with E-state index in [0.29, 0.717) is 5.92 Å².